The van der Waals surface area contributed by atoms with E-state index in [1.165, 1.54) is 0 Å². The zero-order valence-electron chi connectivity index (χ0n) is 18.3. The highest BCUT2D eigenvalue weighted by molar-refractivity contribution is 9.10. The maximum atomic E-state index is 12.1. The first kappa shape index (κ1) is 23.0. The molecule has 0 saturated carbocycles. The molecule has 0 saturated heterocycles. The molecule has 0 spiro atoms. The molecule has 0 aliphatic rings. The fourth-order valence-electron chi connectivity index (χ4n) is 3.54. The smallest absolute Gasteiger partial charge is 0.339 e. The van der Waals surface area contributed by atoms with Crippen molar-refractivity contribution < 1.29 is 19.0 Å². The van der Waals surface area contributed by atoms with Crippen LogP contribution in [0.2, 0.25) is 0 Å². The van der Waals surface area contributed by atoms with Crippen molar-refractivity contribution in [3.8, 4) is 11.5 Å². The van der Waals surface area contributed by atoms with Crippen molar-refractivity contribution in [1.29, 1.82) is 0 Å². The largest absolute Gasteiger partial charge is 0.491 e. The summed E-state index contributed by atoms with van der Waals surface area (Å²) in [5.74, 6) is 1.22. The quantitative estimate of drug-likeness (QED) is 0.337. The molecule has 0 amide bonds. The Hall–Kier alpha value is -3.17. The number of para-hydroxylation sites is 1. The first-order chi connectivity index (χ1) is 15.9. The summed E-state index contributed by atoms with van der Waals surface area (Å²) in [6.07, 6.45) is 1.53. The van der Waals surface area contributed by atoms with Crippen molar-refractivity contribution in [3.63, 3.8) is 0 Å². The van der Waals surface area contributed by atoms with E-state index < -0.39 is 6.10 Å². The molecule has 4 rings (SSSR count). The second-order valence-electron chi connectivity index (χ2n) is 7.62. The zero-order valence-corrected chi connectivity index (χ0v) is 19.9. The molecule has 33 heavy (non-hydrogen) atoms. The van der Waals surface area contributed by atoms with E-state index >= 15 is 0 Å². The van der Waals surface area contributed by atoms with Gasteiger partial charge >= 0.3 is 5.63 Å². The Balaban J connectivity index is 1.33. The van der Waals surface area contributed by atoms with Crippen molar-refractivity contribution in [2.75, 3.05) is 6.61 Å². The average Bonchev–Trinajstić information content (AvgIpc) is 3.24. The number of fused-ring (bicyclic) bond motifs is 1. The van der Waals surface area contributed by atoms with Gasteiger partial charge < -0.3 is 19.0 Å². The number of hydrogen-bond acceptors (Lipinski definition) is 7. The van der Waals surface area contributed by atoms with Crippen LogP contribution in [0, 0.1) is 6.92 Å². The van der Waals surface area contributed by atoms with Gasteiger partial charge in [0.15, 0.2) is 0 Å². The molecule has 2 heterocycles. The minimum Gasteiger partial charge on any atom is -0.491 e. The molecule has 9 heteroatoms. The van der Waals surface area contributed by atoms with E-state index in [0.29, 0.717) is 34.8 Å². The molecular weight excluding hydrogens is 490 g/mol. The number of aliphatic hydroxyl groups excluding tert-OH is 1. The predicted molar refractivity (Wildman–Crippen MR) is 127 cm³/mol. The number of nitrogens with zero attached hydrogens (tertiary/aromatic N) is 3. The summed E-state index contributed by atoms with van der Waals surface area (Å²) in [7, 11) is 0. The zero-order chi connectivity index (χ0) is 23.4. The minimum atomic E-state index is -0.810. The number of aromatic nitrogens is 3. The van der Waals surface area contributed by atoms with Gasteiger partial charge in [-0.1, -0.05) is 24.3 Å². The lowest BCUT2D eigenvalue weighted by molar-refractivity contribution is 0.0888. The Labute approximate surface area is 198 Å². The predicted octanol–water partition coefficient (Wildman–Crippen LogP) is 4.04. The van der Waals surface area contributed by atoms with Crippen LogP contribution in [-0.4, -0.2) is 32.8 Å². The van der Waals surface area contributed by atoms with Gasteiger partial charge in [0, 0.05) is 17.0 Å². The fourth-order valence-corrected chi connectivity index (χ4v) is 3.94. The first-order valence-corrected chi connectivity index (χ1v) is 11.4. The molecule has 2 aromatic carbocycles. The molecule has 1 N–H and O–H groups in total. The molecule has 0 bridgehead atoms. The van der Waals surface area contributed by atoms with Gasteiger partial charge in [0.1, 0.15) is 42.1 Å². The second-order valence-corrected chi connectivity index (χ2v) is 8.47. The van der Waals surface area contributed by atoms with Crippen LogP contribution in [0.1, 0.15) is 23.7 Å². The van der Waals surface area contributed by atoms with Crippen LogP contribution in [0.25, 0.3) is 11.0 Å². The van der Waals surface area contributed by atoms with E-state index in [1.807, 2.05) is 44.2 Å². The van der Waals surface area contributed by atoms with Crippen LogP contribution in [0.5, 0.6) is 11.5 Å². The molecule has 2 aromatic heterocycles. The minimum absolute atomic E-state index is 0.0461. The molecule has 0 aliphatic carbocycles. The van der Waals surface area contributed by atoms with E-state index in [0.717, 1.165) is 15.4 Å². The van der Waals surface area contributed by atoms with Crippen LogP contribution in [0.4, 0.5) is 0 Å². The van der Waals surface area contributed by atoms with Crippen molar-refractivity contribution in [2.24, 2.45) is 0 Å². The van der Waals surface area contributed by atoms with Gasteiger partial charge in [-0.2, -0.15) is 0 Å². The Morgan fingerprint density at radius 2 is 2.03 bits per heavy atom. The summed E-state index contributed by atoms with van der Waals surface area (Å²) >= 11 is 3.44. The number of aryl methyl sites for hydroxylation is 1. The summed E-state index contributed by atoms with van der Waals surface area (Å²) in [5, 5.41) is 19.3. The van der Waals surface area contributed by atoms with Crippen LogP contribution in [0.3, 0.4) is 0 Å². The molecule has 0 aliphatic heterocycles. The topological polar surface area (TPSA) is 99.6 Å². The van der Waals surface area contributed by atoms with E-state index in [1.54, 1.807) is 23.0 Å². The molecule has 1 atom stereocenters. The number of halogens is 1. The fraction of sp³-hybridized carbons (Fsp3) is 0.292. The summed E-state index contributed by atoms with van der Waals surface area (Å²) in [5.41, 5.74) is 2.38. The van der Waals surface area contributed by atoms with Crippen molar-refractivity contribution in [2.45, 2.75) is 39.5 Å². The molecule has 0 fully saturated rings. The molecular formula is C24H24BrN3O5. The number of ether oxygens (including phenoxy) is 2. The first-order valence-electron chi connectivity index (χ1n) is 10.6. The highest BCUT2D eigenvalue weighted by Crippen LogP contribution is 2.25. The summed E-state index contributed by atoms with van der Waals surface area (Å²) in [4.78, 5) is 12.1. The molecule has 172 valence electrons. The Morgan fingerprint density at radius 1 is 1.21 bits per heavy atom. The molecule has 1 unspecified atom stereocenters. The lowest BCUT2D eigenvalue weighted by Crippen LogP contribution is -2.24. The number of aliphatic hydroxyl groups is 1. The average molecular weight is 514 g/mol. The van der Waals surface area contributed by atoms with Crippen LogP contribution in [0.15, 0.2) is 62.3 Å². The van der Waals surface area contributed by atoms with Gasteiger partial charge in [0.25, 0.3) is 0 Å². The highest BCUT2D eigenvalue weighted by atomic mass is 79.9. The van der Waals surface area contributed by atoms with Gasteiger partial charge in [0.2, 0.25) is 0 Å². The third-order valence-corrected chi connectivity index (χ3v) is 5.91. The normalized spacial score (nSPS) is 12.1. The van der Waals surface area contributed by atoms with Gasteiger partial charge in [-0.25, -0.2) is 9.48 Å². The Kier molecular flexibility index (Phi) is 7.10. The van der Waals surface area contributed by atoms with Gasteiger partial charge in [-0.05, 0) is 59.1 Å². The molecule has 4 aromatic rings. The summed E-state index contributed by atoms with van der Waals surface area (Å²) in [6.45, 7) is 4.36. The molecule has 0 radical (unpaired) electrons. The van der Waals surface area contributed by atoms with Gasteiger partial charge in [-0.15, -0.1) is 5.10 Å². The van der Waals surface area contributed by atoms with Crippen LogP contribution >= 0.6 is 15.9 Å². The summed E-state index contributed by atoms with van der Waals surface area (Å²) in [6, 6.07) is 12.9. The number of rotatable bonds is 9. The standard InChI is InChI=1S/C24H24BrN3O5/c1-3-19-15(2)20-9-8-18(10-23(20)33-24(19)30)31-14-17(29)12-28-11-16(26-27-28)13-32-22-7-5-4-6-21(22)25/h4-11,17,29H,3,12-14H2,1-2H3. The second kappa shape index (κ2) is 10.2. The Bertz CT molecular complexity index is 1320. The Morgan fingerprint density at radius 3 is 2.82 bits per heavy atom. The van der Waals surface area contributed by atoms with E-state index in [-0.39, 0.29) is 25.4 Å². The lowest BCUT2D eigenvalue weighted by Gasteiger charge is -2.13. The summed E-state index contributed by atoms with van der Waals surface area (Å²) < 4.78 is 19.3. The van der Waals surface area contributed by atoms with E-state index in [9.17, 15) is 9.90 Å². The maximum absolute atomic E-state index is 12.1. The van der Waals surface area contributed by atoms with Crippen LogP contribution < -0.4 is 15.1 Å². The highest BCUT2D eigenvalue weighted by Gasteiger charge is 2.13. The number of benzene rings is 2. The molecule has 8 nitrogen and oxygen atoms in total. The lowest BCUT2D eigenvalue weighted by atomic mass is 10.0. The van der Waals surface area contributed by atoms with E-state index in [4.69, 9.17) is 13.9 Å². The third kappa shape index (κ3) is 5.43. The SMILES string of the molecule is CCc1c(C)c2ccc(OCC(O)Cn3cc(COc4ccccc4Br)nn3)cc2oc1=O. The van der Waals surface area contributed by atoms with Gasteiger partial charge in [0.05, 0.1) is 17.2 Å². The van der Waals surface area contributed by atoms with Crippen molar-refractivity contribution >= 4 is 26.9 Å². The van der Waals surface area contributed by atoms with Crippen molar-refractivity contribution in [3.05, 3.63) is 80.4 Å². The number of hydrogen-bond donors (Lipinski definition) is 1. The van der Waals surface area contributed by atoms with E-state index in [2.05, 4.69) is 26.2 Å². The van der Waals surface area contributed by atoms with Crippen molar-refractivity contribution in [1.82, 2.24) is 15.0 Å². The van der Waals surface area contributed by atoms with Gasteiger partial charge in [-0.3, -0.25) is 0 Å². The third-order valence-electron chi connectivity index (χ3n) is 5.25. The maximum Gasteiger partial charge on any atom is 0.339 e. The monoisotopic (exact) mass is 513 g/mol. The van der Waals surface area contributed by atoms with Crippen LogP contribution in [-0.2, 0) is 19.6 Å².